The Morgan fingerprint density at radius 1 is 1.04 bits per heavy atom. The van der Waals surface area contributed by atoms with Crippen molar-refractivity contribution in [3.63, 3.8) is 0 Å². The molecule has 0 unspecified atom stereocenters. The lowest BCUT2D eigenvalue weighted by Gasteiger charge is -2.26. The highest BCUT2D eigenvalue weighted by Gasteiger charge is 2.19. The summed E-state index contributed by atoms with van der Waals surface area (Å²) in [6.45, 7) is 1.12. The molecular weight excluding hydrogens is 344 g/mol. The average molecular weight is 368 g/mol. The summed E-state index contributed by atoms with van der Waals surface area (Å²) in [5.74, 6) is 1.25. The zero-order valence-corrected chi connectivity index (χ0v) is 15.7. The van der Waals surface area contributed by atoms with Crippen molar-refractivity contribution in [1.29, 1.82) is 0 Å². The first-order valence-corrected chi connectivity index (χ1v) is 9.02. The van der Waals surface area contributed by atoms with E-state index in [1.165, 1.54) is 0 Å². The van der Waals surface area contributed by atoms with E-state index in [4.69, 9.17) is 9.47 Å². The number of ether oxygens (including phenoxy) is 2. The minimum Gasteiger partial charge on any atom is -0.493 e. The van der Waals surface area contributed by atoms with Gasteiger partial charge in [-0.25, -0.2) is 0 Å². The Hall–Kier alpha value is -3.02. The van der Waals surface area contributed by atoms with Crippen molar-refractivity contribution in [2.24, 2.45) is 0 Å². The molecule has 27 heavy (non-hydrogen) atoms. The maximum absolute atomic E-state index is 12.4. The van der Waals surface area contributed by atoms with Crippen LogP contribution in [0.1, 0.15) is 35.2 Å². The number of nitrogens with zero attached hydrogens (tertiary/aromatic N) is 1. The summed E-state index contributed by atoms with van der Waals surface area (Å²) in [6, 6.07) is 12.7. The molecule has 0 aromatic heterocycles. The topological polar surface area (TPSA) is 67.9 Å². The van der Waals surface area contributed by atoms with Gasteiger partial charge in [0.05, 0.1) is 14.2 Å². The van der Waals surface area contributed by atoms with E-state index in [1.807, 2.05) is 30.3 Å². The number of methoxy groups -OCH3 is 2. The van der Waals surface area contributed by atoms with Gasteiger partial charge in [-0.15, -0.1) is 0 Å². The van der Waals surface area contributed by atoms with Crippen LogP contribution in [0, 0.1) is 0 Å². The summed E-state index contributed by atoms with van der Waals surface area (Å²) in [7, 11) is 3.16. The van der Waals surface area contributed by atoms with Crippen LogP contribution in [0.5, 0.6) is 11.5 Å². The SMILES string of the molecule is COc1ccc(CNC(=O)c2ccc(N3CCCCC3=O)cc2)cc1OC. The Morgan fingerprint density at radius 2 is 1.78 bits per heavy atom. The zero-order chi connectivity index (χ0) is 19.2. The second kappa shape index (κ2) is 8.58. The monoisotopic (exact) mass is 368 g/mol. The van der Waals surface area contributed by atoms with E-state index >= 15 is 0 Å². The minimum atomic E-state index is -0.165. The molecule has 1 aliphatic rings. The molecule has 0 saturated carbocycles. The molecule has 142 valence electrons. The van der Waals surface area contributed by atoms with Crippen LogP contribution in [0.4, 0.5) is 5.69 Å². The van der Waals surface area contributed by atoms with Gasteiger partial charge >= 0.3 is 0 Å². The first kappa shape index (κ1) is 18.8. The van der Waals surface area contributed by atoms with Crippen LogP contribution in [0.3, 0.4) is 0 Å². The molecule has 0 radical (unpaired) electrons. The van der Waals surface area contributed by atoms with E-state index in [1.54, 1.807) is 31.3 Å². The lowest BCUT2D eigenvalue weighted by molar-refractivity contribution is -0.119. The van der Waals surface area contributed by atoms with Crippen LogP contribution < -0.4 is 19.7 Å². The molecule has 6 nitrogen and oxygen atoms in total. The van der Waals surface area contributed by atoms with Gasteiger partial charge in [0.2, 0.25) is 5.91 Å². The van der Waals surface area contributed by atoms with Crippen molar-refractivity contribution >= 4 is 17.5 Å². The number of hydrogen-bond acceptors (Lipinski definition) is 4. The van der Waals surface area contributed by atoms with Crippen molar-refractivity contribution in [3.8, 4) is 11.5 Å². The smallest absolute Gasteiger partial charge is 0.251 e. The molecule has 2 aromatic carbocycles. The van der Waals surface area contributed by atoms with Crippen LogP contribution in [0.25, 0.3) is 0 Å². The zero-order valence-electron chi connectivity index (χ0n) is 15.7. The van der Waals surface area contributed by atoms with Crippen molar-refractivity contribution in [3.05, 3.63) is 53.6 Å². The Bertz CT molecular complexity index is 817. The fourth-order valence-electron chi connectivity index (χ4n) is 3.15. The summed E-state index contributed by atoms with van der Waals surface area (Å²) in [4.78, 5) is 26.2. The molecule has 1 saturated heterocycles. The van der Waals surface area contributed by atoms with Crippen molar-refractivity contribution in [2.45, 2.75) is 25.8 Å². The quantitative estimate of drug-likeness (QED) is 0.850. The lowest BCUT2D eigenvalue weighted by atomic mass is 10.1. The van der Waals surface area contributed by atoms with Gasteiger partial charge in [-0.3, -0.25) is 9.59 Å². The van der Waals surface area contributed by atoms with E-state index in [0.717, 1.165) is 30.6 Å². The first-order chi connectivity index (χ1) is 13.1. The number of anilines is 1. The summed E-state index contributed by atoms with van der Waals surface area (Å²) in [5.41, 5.74) is 2.32. The van der Waals surface area contributed by atoms with E-state index in [0.29, 0.717) is 30.0 Å². The van der Waals surface area contributed by atoms with Gasteiger partial charge in [-0.05, 0) is 54.8 Å². The van der Waals surface area contributed by atoms with Crippen molar-refractivity contribution in [2.75, 3.05) is 25.7 Å². The highest BCUT2D eigenvalue weighted by atomic mass is 16.5. The standard InChI is InChI=1S/C21H24N2O4/c1-26-18-11-6-15(13-19(18)27-2)14-22-21(25)16-7-9-17(10-8-16)23-12-4-3-5-20(23)24/h6-11,13H,3-5,12,14H2,1-2H3,(H,22,25). The molecule has 1 N–H and O–H groups in total. The van der Waals surface area contributed by atoms with Crippen LogP contribution in [0.15, 0.2) is 42.5 Å². The number of amides is 2. The number of carbonyl (C=O) groups excluding carboxylic acids is 2. The Labute approximate surface area is 159 Å². The number of benzene rings is 2. The Kier molecular flexibility index (Phi) is 5.96. The van der Waals surface area contributed by atoms with Crippen LogP contribution in [-0.4, -0.2) is 32.6 Å². The molecule has 0 aliphatic carbocycles. The van der Waals surface area contributed by atoms with Crippen molar-refractivity contribution < 1.29 is 19.1 Å². The normalized spacial score (nSPS) is 14.0. The van der Waals surface area contributed by atoms with Gasteiger partial charge in [-0.2, -0.15) is 0 Å². The van der Waals surface area contributed by atoms with Gasteiger partial charge in [-0.1, -0.05) is 6.07 Å². The largest absolute Gasteiger partial charge is 0.493 e. The highest BCUT2D eigenvalue weighted by molar-refractivity contribution is 5.96. The predicted octanol–water partition coefficient (Wildman–Crippen LogP) is 3.15. The molecule has 0 spiro atoms. The van der Waals surface area contributed by atoms with E-state index < -0.39 is 0 Å². The molecule has 3 rings (SSSR count). The number of carbonyl (C=O) groups is 2. The summed E-state index contributed by atoms with van der Waals surface area (Å²) in [6.07, 6.45) is 2.55. The Balaban J connectivity index is 1.62. The van der Waals surface area contributed by atoms with Crippen molar-refractivity contribution in [1.82, 2.24) is 5.32 Å². The van der Waals surface area contributed by atoms with E-state index in [2.05, 4.69) is 5.32 Å². The second-order valence-corrected chi connectivity index (χ2v) is 6.42. The highest BCUT2D eigenvalue weighted by Crippen LogP contribution is 2.27. The molecule has 1 heterocycles. The third-order valence-corrected chi connectivity index (χ3v) is 4.67. The summed E-state index contributed by atoms with van der Waals surface area (Å²) < 4.78 is 10.5. The second-order valence-electron chi connectivity index (χ2n) is 6.42. The maximum Gasteiger partial charge on any atom is 0.251 e. The van der Waals surface area contributed by atoms with E-state index in [9.17, 15) is 9.59 Å². The van der Waals surface area contributed by atoms with E-state index in [-0.39, 0.29) is 11.8 Å². The molecule has 0 atom stereocenters. The molecular formula is C21H24N2O4. The third-order valence-electron chi connectivity index (χ3n) is 4.67. The molecule has 1 fully saturated rings. The van der Waals surface area contributed by atoms with Gasteiger partial charge in [0, 0.05) is 30.8 Å². The first-order valence-electron chi connectivity index (χ1n) is 9.02. The predicted molar refractivity (Wildman–Crippen MR) is 103 cm³/mol. The Morgan fingerprint density at radius 3 is 2.44 bits per heavy atom. The number of nitrogens with one attached hydrogen (secondary N) is 1. The van der Waals surface area contributed by atoms with Crippen LogP contribution in [0.2, 0.25) is 0 Å². The molecule has 2 aromatic rings. The fraction of sp³-hybridized carbons (Fsp3) is 0.333. The van der Waals surface area contributed by atoms with Gasteiger partial charge < -0.3 is 19.7 Å². The number of piperidine rings is 1. The molecule has 6 heteroatoms. The maximum atomic E-state index is 12.4. The number of rotatable bonds is 6. The summed E-state index contributed by atoms with van der Waals surface area (Å²) in [5, 5.41) is 2.90. The third kappa shape index (κ3) is 4.39. The number of hydrogen-bond donors (Lipinski definition) is 1. The molecule has 0 bridgehead atoms. The fourth-order valence-corrected chi connectivity index (χ4v) is 3.15. The average Bonchev–Trinajstić information content (AvgIpc) is 2.72. The molecule has 1 aliphatic heterocycles. The minimum absolute atomic E-state index is 0.145. The summed E-state index contributed by atoms with van der Waals surface area (Å²) >= 11 is 0. The van der Waals surface area contributed by atoms with Gasteiger partial charge in [0.15, 0.2) is 11.5 Å². The molecule has 2 amide bonds. The van der Waals surface area contributed by atoms with Gasteiger partial charge in [0.1, 0.15) is 0 Å². The van der Waals surface area contributed by atoms with Gasteiger partial charge in [0.25, 0.3) is 5.91 Å². The van der Waals surface area contributed by atoms with Crippen LogP contribution in [-0.2, 0) is 11.3 Å². The van der Waals surface area contributed by atoms with Crippen LogP contribution >= 0.6 is 0 Å². The lowest BCUT2D eigenvalue weighted by Crippen LogP contribution is -2.35.